The zero-order chi connectivity index (χ0) is 11.2. The van der Waals surface area contributed by atoms with Crippen molar-refractivity contribution in [3.63, 3.8) is 0 Å². The van der Waals surface area contributed by atoms with Gasteiger partial charge in [-0.2, -0.15) is 0 Å². The Morgan fingerprint density at radius 3 is 2.47 bits per heavy atom. The highest BCUT2D eigenvalue weighted by Gasteiger charge is 2.22. The average Bonchev–Trinajstić information content (AvgIpc) is 2.15. The molecule has 15 heavy (non-hydrogen) atoms. The number of nitrogens with zero attached hydrogens (tertiary/aromatic N) is 1. The topological polar surface area (TPSA) is 26.3 Å². The van der Waals surface area contributed by atoms with Crippen molar-refractivity contribution in [3.05, 3.63) is 12.7 Å². The summed E-state index contributed by atoms with van der Waals surface area (Å²) in [5, 5.41) is 0. The molecule has 0 heterocycles. The van der Waals surface area contributed by atoms with E-state index >= 15 is 0 Å². The predicted octanol–water partition coefficient (Wildman–Crippen LogP) is -1.41. The minimum Gasteiger partial charge on any atom is -1.00 e. The Labute approximate surface area is 99.1 Å². The van der Waals surface area contributed by atoms with E-state index in [9.17, 15) is 4.79 Å². The molecule has 0 saturated carbocycles. The van der Waals surface area contributed by atoms with Crippen LogP contribution in [0.15, 0.2) is 12.7 Å². The van der Waals surface area contributed by atoms with Gasteiger partial charge in [0.25, 0.3) is 0 Å². The summed E-state index contributed by atoms with van der Waals surface area (Å²) in [6.07, 6.45) is 2.33. The monoisotopic (exact) mass is 235 g/mol. The van der Waals surface area contributed by atoms with Crippen LogP contribution >= 0.6 is 0 Å². The summed E-state index contributed by atoms with van der Waals surface area (Å²) in [6.45, 7) is 9.02. The summed E-state index contributed by atoms with van der Waals surface area (Å²) in [5.74, 6) is -0.339. The van der Waals surface area contributed by atoms with Crippen molar-refractivity contribution >= 4 is 5.97 Å². The summed E-state index contributed by atoms with van der Waals surface area (Å²) in [5.41, 5.74) is 0. The number of likely N-dealkylation sites (N-methyl/N-ethyl adjacent to an activating group) is 1. The van der Waals surface area contributed by atoms with Crippen molar-refractivity contribution in [2.75, 3.05) is 27.2 Å². The molecule has 0 aliphatic rings. The van der Waals surface area contributed by atoms with Crippen LogP contribution in [-0.2, 0) is 9.53 Å². The number of carbonyl (C=O) groups is 1. The second-order valence-corrected chi connectivity index (χ2v) is 4.13. The highest BCUT2D eigenvalue weighted by atomic mass is 35.5. The van der Waals surface area contributed by atoms with Crippen molar-refractivity contribution in [2.24, 2.45) is 0 Å². The molecule has 0 N–H and O–H groups in total. The van der Waals surface area contributed by atoms with Gasteiger partial charge in [0.2, 0.25) is 0 Å². The molecule has 4 heteroatoms. The Kier molecular flexibility index (Phi) is 8.68. The van der Waals surface area contributed by atoms with E-state index < -0.39 is 0 Å². The number of hydrogen-bond acceptors (Lipinski definition) is 2. The number of ether oxygens (including phenoxy) is 1. The Hall–Kier alpha value is -0.540. The highest BCUT2D eigenvalue weighted by molar-refractivity contribution is 5.81. The average molecular weight is 236 g/mol. The van der Waals surface area contributed by atoms with E-state index in [1.807, 2.05) is 0 Å². The zero-order valence-corrected chi connectivity index (χ0v) is 10.9. The number of rotatable bonds is 6. The van der Waals surface area contributed by atoms with Gasteiger partial charge in [0.15, 0.2) is 0 Å². The van der Waals surface area contributed by atoms with Crippen LogP contribution < -0.4 is 12.4 Å². The third-order valence-electron chi connectivity index (χ3n) is 2.86. The number of esters is 1. The fraction of sp³-hybridized carbons (Fsp3) is 0.727. The first-order valence-corrected chi connectivity index (χ1v) is 5.06. The summed E-state index contributed by atoms with van der Waals surface area (Å²) in [4.78, 5) is 10.8. The van der Waals surface area contributed by atoms with Crippen molar-refractivity contribution < 1.29 is 26.4 Å². The van der Waals surface area contributed by atoms with E-state index in [2.05, 4.69) is 34.5 Å². The fourth-order valence-electron chi connectivity index (χ4n) is 1.16. The van der Waals surface area contributed by atoms with Gasteiger partial charge in [0.1, 0.15) is 13.2 Å². The molecular formula is C11H22ClNO2. The molecule has 0 aliphatic carbocycles. The van der Waals surface area contributed by atoms with Crippen LogP contribution in [0.5, 0.6) is 0 Å². The Morgan fingerprint density at radius 1 is 1.53 bits per heavy atom. The third-order valence-corrected chi connectivity index (χ3v) is 2.86. The third kappa shape index (κ3) is 6.52. The predicted molar refractivity (Wildman–Crippen MR) is 57.9 cm³/mol. The van der Waals surface area contributed by atoms with Gasteiger partial charge in [0, 0.05) is 6.08 Å². The van der Waals surface area contributed by atoms with E-state index in [1.54, 1.807) is 0 Å². The van der Waals surface area contributed by atoms with Crippen molar-refractivity contribution in [3.8, 4) is 0 Å². The van der Waals surface area contributed by atoms with Crippen LogP contribution in [0, 0.1) is 0 Å². The molecule has 0 aliphatic heterocycles. The number of hydrogen-bond donors (Lipinski definition) is 0. The minimum atomic E-state index is -0.339. The molecule has 90 valence electrons. The van der Waals surface area contributed by atoms with Gasteiger partial charge in [0.05, 0.1) is 20.1 Å². The van der Waals surface area contributed by atoms with E-state index in [-0.39, 0.29) is 18.4 Å². The maximum atomic E-state index is 10.8. The maximum absolute atomic E-state index is 10.8. The van der Waals surface area contributed by atoms with E-state index in [4.69, 9.17) is 4.74 Å². The van der Waals surface area contributed by atoms with E-state index in [1.165, 1.54) is 6.08 Å². The molecule has 0 spiro atoms. The minimum absolute atomic E-state index is 0. The Balaban J connectivity index is 0. The van der Waals surface area contributed by atoms with Gasteiger partial charge in [-0.05, 0) is 13.3 Å². The van der Waals surface area contributed by atoms with Crippen LogP contribution in [0.2, 0.25) is 0 Å². The van der Waals surface area contributed by atoms with E-state index in [0.717, 1.165) is 17.4 Å². The Morgan fingerprint density at radius 2 is 2.07 bits per heavy atom. The largest absolute Gasteiger partial charge is 1.00 e. The fourth-order valence-corrected chi connectivity index (χ4v) is 1.16. The zero-order valence-electron chi connectivity index (χ0n) is 10.1. The molecular weight excluding hydrogens is 214 g/mol. The standard InChI is InChI=1S/C11H22NO2.ClH/c1-6-10(3)12(4,5)8-9-14-11(13)7-2;/h7,10H,2,6,8-9H2,1,3-5H3;1H/q+1;/p-1. The molecule has 0 radical (unpaired) electrons. The van der Waals surface area contributed by atoms with Gasteiger partial charge in [-0.3, -0.25) is 0 Å². The lowest BCUT2D eigenvalue weighted by atomic mass is 10.2. The molecule has 0 bridgehead atoms. The summed E-state index contributed by atoms with van der Waals surface area (Å²) < 4.78 is 5.82. The van der Waals surface area contributed by atoms with Crippen LogP contribution in [0.1, 0.15) is 20.3 Å². The lowest BCUT2D eigenvalue weighted by Crippen LogP contribution is -3.00. The second-order valence-electron chi connectivity index (χ2n) is 4.13. The van der Waals surface area contributed by atoms with Gasteiger partial charge in [-0.25, -0.2) is 4.79 Å². The second kappa shape index (κ2) is 7.71. The lowest BCUT2D eigenvalue weighted by Gasteiger charge is -2.35. The normalized spacial score (nSPS) is 12.5. The molecule has 1 atom stereocenters. The van der Waals surface area contributed by atoms with E-state index in [0.29, 0.717) is 12.6 Å². The van der Waals surface area contributed by atoms with Gasteiger partial charge in [-0.15, -0.1) is 0 Å². The van der Waals surface area contributed by atoms with Gasteiger partial charge in [-0.1, -0.05) is 13.5 Å². The SMILES string of the molecule is C=CC(=O)OCC[N+](C)(C)C(C)CC.[Cl-]. The summed E-state index contributed by atoms with van der Waals surface area (Å²) in [7, 11) is 4.30. The molecule has 0 aromatic heterocycles. The molecule has 0 aromatic rings. The summed E-state index contributed by atoms with van der Waals surface area (Å²) in [6, 6.07) is 0.581. The highest BCUT2D eigenvalue weighted by Crippen LogP contribution is 2.09. The number of quaternary nitrogens is 1. The van der Waals surface area contributed by atoms with Crippen LogP contribution in [0.4, 0.5) is 0 Å². The molecule has 0 fully saturated rings. The van der Waals surface area contributed by atoms with Crippen LogP contribution in [-0.4, -0.2) is 43.7 Å². The van der Waals surface area contributed by atoms with Crippen LogP contribution in [0.25, 0.3) is 0 Å². The van der Waals surface area contributed by atoms with Gasteiger partial charge < -0.3 is 21.6 Å². The molecule has 1 unspecified atom stereocenters. The molecule has 0 saturated heterocycles. The lowest BCUT2D eigenvalue weighted by molar-refractivity contribution is -0.913. The quantitative estimate of drug-likeness (QED) is 0.322. The first-order valence-electron chi connectivity index (χ1n) is 5.06. The maximum Gasteiger partial charge on any atom is 0.330 e. The van der Waals surface area contributed by atoms with Crippen LogP contribution in [0.3, 0.4) is 0 Å². The van der Waals surface area contributed by atoms with Crippen molar-refractivity contribution in [1.29, 1.82) is 0 Å². The number of carbonyl (C=O) groups excluding carboxylic acids is 1. The Bertz CT molecular complexity index is 205. The summed E-state index contributed by atoms with van der Waals surface area (Å²) >= 11 is 0. The smallest absolute Gasteiger partial charge is 0.330 e. The van der Waals surface area contributed by atoms with Crippen molar-refractivity contribution in [2.45, 2.75) is 26.3 Å². The van der Waals surface area contributed by atoms with Crippen molar-refractivity contribution in [1.82, 2.24) is 0 Å². The first kappa shape index (κ1) is 16.9. The molecule has 0 amide bonds. The number of halogens is 1. The molecule has 0 rings (SSSR count). The molecule has 3 nitrogen and oxygen atoms in total. The molecule has 0 aromatic carbocycles. The van der Waals surface area contributed by atoms with Gasteiger partial charge >= 0.3 is 5.97 Å². The first-order chi connectivity index (χ1) is 6.44.